The van der Waals surface area contributed by atoms with Crippen molar-refractivity contribution < 1.29 is 4.74 Å². The molecule has 2 aliphatic rings. The lowest BCUT2D eigenvalue weighted by molar-refractivity contribution is 0.0182. The molecule has 0 aromatic heterocycles. The van der Waals surface area contributed by atoms with Gasteiger partial charge in [0.2, 0.25) is 0 Å². The van der Waals surface area contributed by atoms with Crippen LogP contribution in [0.3, 0.4) is 0 Å². The molecule has 1 saturated heterocycles. The molecule has 2 N–H and O–H groups in total. The molecular formula is C13H27ClN2O. The largest absolute Gasteiger partial charge is 0.379 e. The molecule has 1 heterocycles. The van der Waals surface area contributed by atoms with Crippen LogP contribution in [-0.4, -0.2) is 43.3 Å². The molecule has 2 atom stereocenters. The molecular weight excluding hydrogens is 236 g/mol. The van der Waals surface area contributed by atoms with Crippen molar-refractivity contribution in [3.63, 3.8) is 0 Å². The third kappa shape index (κ3) is 2.95. The zero-order valence-corrected chi connectivity index (χ0v) is 12.2. The molecule has 0 aromatic rings. The first-order valence-corrected chi connectivity index (χ1v) is 6.52. The molecule has 0 aromatic carbocycles. The monoisotopic (exact) mass is 262 g/mol. The summed E-state index contributed by atoms with van der Waals surface area (Å²) in [7, 11) is 0. The molecule has 1 aliphatic carbocycles. The molecule has 0 bridgehead atoms. The lowest BCUT2D eigenvalue weighted by Crippen LogP contribution is -2.50. The van der Waals surface area contributed by atoms with E-state index in [1.165, 1.54) is 13.0 Å². The molecule has 17 heavy (non-hydrogen) atoms. The second kappa shape index (κ2) is 5.43. The first-order valence-electron chi connectivity index (χ1n) is 6.52. The van der Waals surface area contributed by atoms with Crippen molar-refractivity contribution in [2.75, 3.05) is 32.8 Å². The van der Waals surface area contributed by atoms with E-state index in [4.69, 9.17) is 10.5 Å². The van der Waals surface area contributed by atoms with Crippen LogP contribution in [0.4, 0.5) is 0 Å². The third-order valence-electron chi connectivity index (χ3n) is 5.09. The summed E-state index contributed by atoms with van der Waals surface area (Å²) in [5.74, 6) is 0.737. The van der Waals surface area contributed by atoms with Crippen LogP contribution < -0.4 is 5.73 Å². The van der Waals surface area contributed by atoms with Crippen molar-refractivity contribution in [2.24, 2.45) is 17.1 Å². The molecule has 1 aliphatic heterocycles. The topological polar surface area (TPSA) is 38.5 Å². The first kappa shape index (κ1) is 15.2. The van der Waals surface area contributed by atoms with Crippen LogP contribution in [0.25, 0.3) is 0 Å². The maximum Gasteiger partial charge on any atom is 0.0594 e. The summed E-state index contributed by atoms with van der Waals surface area (Å²) < 4.78 is 5.39. The van der Waals surface area contributed by atoms with Crippen LogP contribution in [0.1, 0.15) is 33.6 Å². The number of hydrogen-bond donors (Lipinski definition) is 1. The van der Waals surface area contributed by atoms with Crippen molar-refractivity contribution in [3.8, 4) is 0 Å². The molecule has 4 heteroatoms. The van der Waals surface area contributed by atoms with Gasteiger partial charge in [-0.2, -0.15) is 0 Å². The minimum atomic E-state index is 0. The Kier molecular flexibility index (Phi) is 4.87. The number of nitrogens with two attached hydrogens (primary N) is 1. The fraction of sp³-hybridized carbons (Fsp3) is 1.00. The zero-order valence-electron chi connectivity index (χ0n) is 11.4. The van der Waals surface area contributed by atoms with Gasteiger partial charge in [0.1, 0.15) is 0 Å². The predicted molar refractivity (Wildman–Crippen MR) is 73.6 cm³/mol. The van der Waals surface area contributed by atoms with Crippen LogP contribution in [-0.2, 0) is 4.74 Å². The van der Waals surface area contributed by atoms with Gasteiger partial charge in [0.15, 0.2) is 0 Å². The Hall–Kier alpha value is 0.170. The van der Waals surface area contributed by atoms with E-state index in [0.29, 0.717) is 0 Å². The van der Waals surface area contributed by atoms with E-state index >= 15 is 0 Å². The second-order valence-corrected chi connectivity index (χ2v) is 6.29. The minimum absolute atomic E-state index is 0. The quantitative estimate of drug-likeness (QED) is 0.826. The molecule has 2 rings (SSSR count). The van der Waals surface area contributed by atoms with Gasteiger partial charge in [0, 0.05) is 25.2 Å². The van der Waals surface area contributed by atoms with Gasteiger partial charge < -0.3 is 10.5 Å². The molecule has 0 unspecified atom stereocenters. The van der Waals surface area contributed by atoms with Crippen molar-refractivity contribution in [2.45, 2.75) is 39.2 Å². The van der Waals surface area contributed by atoms with Crippen LogP contribution in [0.2, 0.25) is 0 Å². The van der Waals surface area contributed by atoms with E-state index in [1.807, 2.05) is 0 Å². The second-order valence-electron chi connectivity index (χ2n) is 6.29. The smallest absolute Gasteiger partial charge is 0.0594 e. The average Bonchev–Trinajstić information content (AvgIpc) is 2.43. The third-order valence-corrected chi connectivity index (χ3v) is 5.09. The van der Waals surface area contributed by atoms with Crippen molar-refractivity contribution in [1.82, 2.24) is 4.90 Å². The number of rotatable bonds is 2. The number of nitrogens with zero attached hydrogens (tertiary/aromatic N) is 1. The van der Waals surface area contributed by atoms with Gasteiger partial charge in [-0.25, -0.2) is 0 Å². The molecule has 102 valence electrons. The average molecular weight is 263 g/mol. The van der Waals surface area contributed by atoms with Crippen molar-refractivity contribution in [3.05, 3.63) is 0 Å². The number of halogens is 1. The highest BCUT2D eigenvalue weighted by Gasteiger charge is 2.49. The highest BCUT2D eigenvalue weighted by Crippen LogP contribution is 2.48. The fourth-order valence-electron chi connectivity index (χ4n) is 3.04. The number of ether oxygens (including phenoxy) is 1. The van der Waals surface area contributed by atoms with Gasteiger partial charge in [-0.15, -0.1) is 12.4 Å². The highest BCUT2D eigenvalue weighted by molar-refractivity contribution is 5.85. The SMILES string of the molecule is CC1(C)[C@@H](CN2CCOCC2)CC[C@@]1(C)N.Cl. The molecule has 0 amide bonds. The molecule has 0 spiro atoms. The zero-order chi connectivity index (χ0) is 11.8. The Morgan fingerprint density at radius 3 is 2.29 bits per heavy atom. The number of hydrogen-bond acceptors (Lipinski definition) is 3. The van der Waals surface area contributed by atoms with Gasteiger partial charge in [-0.3, -0.25) is 4.90 Å². The Morgan fingerprint density at radius 1 is 1.24 bits per heavy atom. The van der Waals surface area contributed by atoms with Gasteiger partial charge >= 0.3 is 0 Å². The van der Waals surface area contributed by atoms with Gasteiger partial charge in [-0.1, -0.05) is 13.8 Å². The summed E-state index contributed by atoms with van der Waals surface area (Å²) >= 11 is 0. The summed E-state index contributed by atoms with van der Waals surface area (Å²) in [5, 5.41) is 0. The van der Waals surface area contributed by atoms with Crippen LogP contribution in [0, 0.1) is 11.3 Å². The Bertz CT molecular complexity index is 250. The fourth-order valence-corrected chi connectivity index (χ4v) is 3.04. The molecule has 2 fully saturated rings. The Labute approximate surface area is 111 Å². The predicted octanol–water partition coefficient (Wildman–Crippen LogP) is 1.89. The minimum Gasteiger partial charge on any atom is -0.379 e. The van der Waals surface area contributed by atoms with E-state index in [1.54, 1.807) is 0 Å². The van der Waals surface area contributed by atoms with Gasteiger partial charge in [0.05, 0.1) is 13.2 Å². The van der Waals surface area contributed by atoms with Crippen molar-refractivity contribution >= 4 is 12.4 Å². The lowest BCUT2D eigenvalue weighted by atomic mass is 9.71. The number of morpholine rings is 1. The van der Waals surface area contributed by atoms with E-state index in [-0.39, 0.29) is 23.4 Å². The normalized spacial score (nSPS) is 37.8. The summed E-state index contributed by atoms with van der Waals surface area (Å²) in [6.07, 6.45) is 2.44. The lowest BCUT2D eigenvalue weighted by Gasteiger charge is -2.41. The van der Waals surface area contributed by atoms with Gasteiger partial charge in [-0.05, 0) is 31.1 Å². The standard InChI is InChI=1S/C13H26N2O.ClH/c1-12(2)11(4-5-13(12,3)14)10-15-6-8-16-9-7-15;/h11H,4-10,14H2,1-3H3;1H/t11-,13-;/m1./s1. The van der Waals surface area contributed by atoms with E-state index in [2.05, 4.69) is 25.7 Å². The summed E-state index contributed by atoms with van der Waals surface area (Å²) in [5.41, 5.74) is 6.67. The molecule has 1 saturated carbocycles. The summed E-state index contributed by atoms with van der Waals surface area (Å²) in [6, 6.07) is 0. The summed E-state index contributed by atoms with van der Waals surface area (Å²) in [4.78, 5) is 2.54. The maximum absolute atomic E-state index is 6.41. The molecule has 3 nitrogen and oxygen atoms in total. The van der Waals surface area contributed by atoms with Crippen LogP contribution in [0.15, 0.2) is 0 Å². The Balaban J connectivity index is 0.00000144. The highest BCUT2D eigenvalue weighted by atomic mass is 35.5. The van der Waals surface area contributed by atoms with Crippen LogP contribution >= 0.6 is 12.4 Å². The maximum atomic E-state index is 6.41. The van der Waals surface area contributed by atoms with E-state index < -0.39 is 0 Å². The summed E-state index contributed by atoms with van der Waals surface area (Å²) in [6.45, 7) is 12.1. The van der Waals surface area contributed by atoms with Gasteiger partial charge in [0.25, 0.3) is 0 Å². The van der Waals surface area contributed by atoms with Crippen LogP contribution in [0.5, 0.6) is 0 Å². The first-order chi connectivity index (χ1) is 7.43. The van der Waals surface area contributed by atoms with Crippen molar-refractivity contribution in [1.29, 1.82) is 0 Å². The molecule has 0 radical (unpaired) electrons. The van der Waals surface area contributed by atoms with E-state index in [0.717, 1.165) is 38.6 Å². The van der Waals surface area contributed by atoms with E-state index in [9.17, 15) is 0 Å². The Morgan fingerprint density at radius 2 is 1.82 bits per heavy atom.